The van der Waals surface area contributed by atoms with Crippen molar-refractivity contribution in [3.05, 3.63) is 60.9 Å². The Morgan fingerprint density at radius 2 is 2.06 bits per heavy atom. The second-order valence-electron chi connectivity index (χ2n) is 2.92. The van der Waals surface area contributed by atoms with Crippen LogP contribution < -0.4 is 0 Å². The first-order chi connectivity index (χ1) is 7.79. The zero-order chi connectivity index (χ0) is 12.4. The van der Waals surface area contributed by atoms with Crippen LogP contribution in [0.25, 0.3) is 0 Å². The Morgan fingerprint density at radius 1 is 1.38 bits per heavy atom. The average Bonchev–Trinajstić information content (AvgIpc) is 2.32. The first-order valence-electron chi connectivity index (χ1n) is 5.54. The molecule has 0 saturated heterocycles. The SMILES string of the molecule is C=C/C=C(\C=C/C)C1C=CC=CN1Cl.CC. The van der Waals surface area contributed by atoms with E-state index in [1.54, 1.807) is 10.5 Å². The number of hydrogen-bond donors (Lipinski definition) is 0. The van der Waals surface area contributed by atoms with Gasteiger partial charge in [0.25, 0.3) is 0 Å². The number of halogens is 1. The molecule has 0 N–H and O–H groups in total. The summed E-state index contributed by atoms with van der Waals surface area (Å²) >= 11 is 6.04. The lowest BCUT2D eigenvalue weighted by Crippen LogP contribution is -2.23. The maximum Gasteiger partial charge on any atom is 0.0886 e. The Bertz CT molecular complexity index is 311. The van der Waals surface area contributed by atoms with E-state index in [0.717, 1.165) is 5.57 Å². The summed E-state index contributed by atoms with van der Waals surface area (Å²) in [7, 11) is 0. The van der Waals surface area contributed by atoms with Crippen molar-refractivity contribution in [1.29, 1.82) is 0 Å². The van der Waals surface area contributed by atoms with E-state index in [1.165, 1.54) is 0 Å². The number of allylic oxidation sites excluding steroid dienone is 5. The predicted octanol–water partition coefficient (Wildman–Crippen LogP) is 4.61. The first-order valence-corrected chi connectivity index (χ1v) is 5.88. The van der Waals surface area contributed by atoms with Crippen LogP contribution in [0, 0.1) is 0 Å². The van der Waals surface area contributed by atoms with E-state index < -0.39 is 0 Å². The summed E-state index contributed by atoms with van der Waals surface area (Å²) in [5.41, 5.74) is 1.12. The third-order valence-electron chi connectivity index (χ3n) is 1.91. The van der Waals surface area contributed by atoms with Crippen molar-refractivity contribution in [2.24, 2.45) is 0 Å². The number of nitrogens with zero attached hydrogens (tertiary/aromatic N) is 1. The van der Waals surface area contributed by atoms with E-state index in [2.05, 4.69) is 6.58 Å². The monoisotopic (exact) mass is 237 g/mol. The van der Waals surface area contributed by atoms with E-state index in [1.807, 2.05) is 63.4 Å². The summed E-state index contributed by atoms with van der Waals surface area (Å²) in [6, 6.07) is 0.0934. The highest BCUT2D eigenvalue weighted by atomic mass is 35.5. The minimum Gasteiger partial charge on any atom is -0.281 e. The Balaban J connectivity index is 0.00000106. The van der Waals surface area contributed by atoms with Crippen molar-refractivity contribution in [1.82, 2.24) is 4.42 Å². The van der Waals surface area contributed by atoms with Gasteiger partial charge >= 0.3 is 0 Å². The molecule has 1 aliphatic rings. The molecule has 1 rings (SSSR count). The maximum atomic E-state index is 6.04. The molecule has 0 aromatic rings. The molecule has 0 radical (unpaired) electrons. The maximum absolute atomic E-state index is 6.04. The Morgan fingerprint density at radius 3 is 2.56 bits per heavy atom. The van der Waals surface area contributed by atoms with Crippen molar-refractivity contribution >= 4 is 11.8 Å². The number of hydrogen-bond acceptors (Lipinski definition) is 1. The Labute approximate surface area is 104 Å². The minimum atomic E-state index is 0.0934. The van der Waals surface area contributed by atoms with E-state index in [9.17, 15) is 0 Å². The molecule has 0 aromatic carbocycles. The highest BCUT2D eigenvalue weighted by molar-refractivity contribution is 6.14. The van der Waals surface area contributed by atoms with Crippen LogP contribution in [0.2, 0.25) is 0 Å². The quantitative estimate of drug-likeness (QED) is 0.512. The van der Waals surface area contributed by atoms with Crippen LogP contribution in [0.4, 0.5) is 0 Å². The summed E-state index contributed by atoms with van der Waals surface area (Å²) in [6.45, 7) is 9.67. The van der Waals surface area contributed by atoms with Gasteiger partial charge in [-0.1, -0.05) is 56.9 Å². The molecule has 0 bridgehead atoms. The molecular formula is C14H20ClN. The molecule has 1 atom stereocenters. The molecular weight excluding hydrogens is 218 g/mol. The largest absolute Gasteiger partial charge is 0.281 e. The molecule has 0 amide bonds. The van der Waals surface area contributed by atoms with Crippen LogP contribution in [0.5, 0.6) is 0 Å². The van der Waals surface area contributed by atoms with Crippen LogP contribution in [0.1, 0.15) is 20.8 Å². The van der Waals surface area contributed by atoms with Gasteiger partial charge in [0.2, 0.25) is 0 Å². The average molecular weight is 238 g/mol. The zero-order valence-electron chi connectivity index (χ0n) is 10.2. The highest BCUT2D eigenvalue weighted by Gasteiger charge is 2.14. The number of rotatable bonds is 3. The van der Waals surface area contributed by atoms with Gasteiger partial charge in [-0.05, 0) is 18.6 Å². The van der Waals surface area contributed by atoms with Crippen molar-refractivity contribution in [3.63, 3.8) is 0 Å². The summed E-state index contributed by atoms with van der Waals surface area (Å²) in [5.74, 6) is 0. The van der Waals surface area contributed by atoms with E-state index in [4.69, 9.17) is 11.8 Å². The van der Waals surface area contributed by atoms with Gasteiger partial charge in [-0.2, -0.15) is 0 Å². The lowest BCUT2D eigenvalue weighted by molar-refractivity contribution is 0.559. The van der Waals surface area contributed by atoms with Gasteiger partial charge in [0.05, 0.1) is 6.04 Å². The fraction of sp³-hybridized carbons (Fsp3) is 0.286. The lowest BCUT2D eigenvalue weighted by Gasteiger charge is -2.24. The van der Waals surface area contributed by atoms with E-state index in [0.29, 0.717) is 0 Å². The van der Waals surface area contributed by atoms with Gasteiger partial charge in [0, 0.05) is 18.0 Å². The summed E-state index contributed by atoms with van der Waals surface area (Å²) < 4.78 is 1.65. The van der Waals surface area contributed by atoms with Crippen LogP contribution in [0.15, 0.2) is 60.9 Å². The molecule has 0 aliphatic carbocycles. The molecule has 88 valence electrons. The van der Waals surface area contributed by atoms with Crippen LogP contribution in [-0.2, 0) is 0 Å². The van der Waals surface area contributed by atoms with Crippen LogP contribution in [-0.4, -0.2) is 10.5 Å². The fourth-order valence-electron chi connectivity index (χ4n) is 1.31. The third kappa shape index (κ3) is 4.54. The topological polar surface area (TPSA) is 3.24 Å². The molecule has 1 unspecified atom stereocenters. The van der Waals surface area contributed by atoms with Gasteiger partial charge < -0.3 is 0 Å². The molecule has 16 heavy (non-hydrogen) atoms. The molecule has 2 heteroatoms. The summed E-state index contributed by atoms with van der Waals surface area (Å²) in [5, 5.41) is 0. The van der Waals surface area contributed by atoms with Crippen molar-refractivity contribution in [2.45, 2.75) is 26.8 Å². The normalized spacial score (nSPS) is 19.6. The highest BCUT2D eigenvalue weighted by Crippen LogP contribution is 2.19. The van der Waals surface area contributed by atoms with Crippen molar-refractivity contribution < 1.29 is 0 Å². The third-order valence-corrected chi connectivity index (χ3v) is 2.23. The van der Waals surface area contributed by atoms with Gasteiger partial charge in [-0.15, -0.1) is 0 Å². The van der Waals surface area contributed by atoms with Gasteiger partial charge in [-0.3, -0.25) is 4.42 Å². The molecule has 0 fully saturated rings. The minimum absolute atomic E-state index is 0.0934. The van der Waals surface area contributed by atoms with Gasteiger partial charge in [0.15, 0.2) is 0 Å². The predicted molar refractivity (Wildman–Crippen MR) is 74.2 cm³/mol. The second-order valence-corrected chi connectivity index (χ2v) is 3.31. The Hall–Kier alpha value is -1.21. The summed E-state index contributed by atoms with van der Waals surface area (Å²) in [4.78, 5) is 0. The van der Waals surface area contributed by atoms with Gasteiger partial charge in [-0.25, -0.2) is 0 Å². The molecule has 0 spiro atoms. The van der Waals surface area contributed by atoms with Crippen molar-refractivity contribution in [3.8, 4) is 0 Å². The smallest absolute Gasteiger partial charge is 0.0886 e. The molecule has 1 aliphatic heterocycles. The molecule has 0 saturated carbocycles. The summed E-state index contributed by atoms with van der Waals surface area (Å²) in [6.07, 6.45) is 15.5. The lowest BCUT2D eigenvalue weighted by atomic mass is 10.0. The molecule has 0 aromatic heterocycles. The standard InChI is InChI=1S/C12H14ClN.C2H6/c1-3-7-11(8-4-2)12-9-5-6-10-14(12)13;1-2/h3-10,12H,1H2,2H3;1-2H3/b8-4-,11-7+;. The molecule has 1 nitrogen and oxygen atoms in total. The van der Waals surface area contributed by atoms with Gasteiger partial charge in [0.1, 0.15) is 0 Å². The van der Waals surface area contributed by atoms with Crippen LogP contribution >= 0.6 is 11.8 Å². The first kappa shape index (κ1) is 14.8. The van der Waals surface area contributed by atoms with Crippen LogP contribution in [0.3, 0.4) is 0 Å². The fourth-order valence-corrected chi connectivity index (χ4v) is 1.55. The van der Waals surface area contributed by atoms with Crippen molar-refractivity contribution in [2.75, 3.05) is 0 Å². The van der Waals surface area contributed by atoms with E-state index >= 15 is 0 Å². The zero-order valence-corrected chi connectivity index (χ0v) is 11.0. The second kappa shape index (κ2) is 9.05. The Kier molecular flexibility index (Phi) is 8.36. The van der Waals surface area contributed by atoms with E-state index in [-0.39, 0.29) is 6.04 Å². The molecule has 1 heterocycles.